The molecule has 0 bridgehead atoms. The van der Waals surface area contributed by atoms with Crippen molar-refractivity contribution in [3.05, 3.63) is 107 Å². The third-order valence-corrected chi connectivity index (χ3v) is 9.53. The predicted octanol–water partition coefficient (Wildman–Crippen LogP) is 6.30. The van der Waals surface area contributed by atoms with E-state index in [4.69, 9.17) is 5.11 Å². The van der Waals surface area contributed by atoms with E-state index in [1.165, 1.54) is 5.56 Å². The van der Waals surface area contributed by atoms with Gasteiger partial charge in [0.15, 0.2) is 11.5 Å². The highest BCUT2D eigenvalue weighted by atomic mass is 16.4. The van der Waals surface area contributed by atoms with Gasteiger partial charge >= 0.3 is 5.97 Å². The van der Waals surface area contributed by atoms with Crippen molar-refractivity contribution in [3.8, 4) is 0 Å². The summed E-state index contributed by atoms with van der Waals surface area (Å²) in [5, 5.41) is 25.0. The second-order valence-electron chi connectivity index (χ2n) is 12.9. The van der Waals surface area contributed by atoms with Gasteiger partial charge in [-0.05, 0) is 55.8 Å². The zero-order chi connectivity index (χ0) is 30.7. The molecule has 0 amide bonds. The maximum atomic E-state index is 13.6. The van der Waals surface area contributed by atoms with E-state index < -0.39 is 11.4 Å². The Kier molecular flexibility index (Phi) is 6.91. The molecule has 6 heteroatoms. The number of anilines is 1. The van der Waals surface area contributed by atoms with Crippen LogP contribution in [0.1, 0.15) is 64.5 Å². The van der Waals surface area contributed by atoms with Crippen LogP contribution < -0.4 is 10.0 Å². The van der Waals surface area contributed by atoms with Crippen LogP contribution in [0.2, 0.25) is 0 Å². The Morgan fingerprint density at radius 1 is 0.907 bits per heavy atom. The van der Waals surface area contributed by atoms with Gasteiger partial charge in [-0.2, -0.15) is 4.58 Å². The molecule has 0 unspecified atom stereocenters. The largest absolute Gasteiger partial charge is 0.871 e. The smallest absolute Gasteiger partial charge is 0.303 e. The zero-order valence-corrected chi connectivity index (χ0v) is 25.5. The first-order chi connectivity index (χ1) is 20.4. The third-order valence-electron chi connectivity index (χ3n) is 9.53. The fourth-order valence-corrected chi connectivity index (χ4v) is 7.09. The molecule has 2 heterocycles. The van der Waals surface area contributed by atoms with Gasteiger partial charge in [-0.15, -0.1) is 0 Å². The maximum Gasteiger partial charge on any atom is 0.303 e. The van der Waals surface area contributed by atoms with Gasteiger partial charge in [-0.25, -0.2) is 0 Å². The summed E-state index contributed by atoms with van der Waals surface area (Å²) in [6.07, 6.45) is 5.95. The number of benzene rings is 3. The van der Waals surface area contributed by atoms with Crippen LogP contribution in [0.25, 0.3) is 10.8 Å². The first-order valence-electron chi connectivity index (χ1n) is 15.1. The Morgan fingerprint density at radius 2 is 1.63 bits per heavy atom. The van der Waals surface area contributed by atoms with E-state index in [1.54, 1.807) is 6.08 Å². The number of fused-ring (bicyclic) bond motifs is 4. The monoisotopic (exact) mass is 574 g/mol. The minimum atomic E-state index is -0.782. The first kappa shape index (κ1) is 28.7. The van der Waals surface area contributed by atoms with Gasteiger partial charge in [0, 0.05) is 59.5 Å². The number of unbranched alkanes of at least 4 members (excludes halogenated alkanes) is 2. The van der Waals surface area contributed by atoms with E-state index in [9.17, 15) is 14.7 Å². The van der Waals surface area contributed by atoms with Crippen LogP contribution in [0.15, 0.2) is 95.4 Å². The molecule has 0 aromatic heterocycles. The number of likely N-dealkylation sites (N-methyl/N-ethyl adjacent to an activating group) is 1. The number of carboxylic acid groups (broad SMARTS) is 1. The Bertz CT molecular complexity index is 1820. The zero-order valence-electron chi connectivity index (χ0n) is 25.5. The van der Waals surface area contributed by atoms with E-state index in [0.29, 0.717) is 13.0 Å². The molecule has 0 saturated carbocycles. The van der Waals surface area contributed by atoms with E-state index in [-0.39, 0.29) is 34.5 Å². The predicted molar refractivity (Wildman–Crippen MR) is 169 cm³/mol. The molecule has 0 fully saturated rings. The number of carbonyl (C=O) groups excluding carboxylic acids is 1. The van der Waals surface area contributed by atoms with Crippen LogP contribution in [0.3, 0.4) is 0 Å². The van der Waals surface area contributed by atoms with Gasteiger partial charge in [0.1, 0.15) is 6.54 Å². The molecular formula is C37H38N2O4. The van der Waals surface area contributed by atoms with Crippen LogP contribution in [0.4, 0.5) is 11.4 Å². The molecule has 3 aromatic rings. The first-order valence-corrected chi connectivity index (χ1v) is 15.1. The number of nitrogens with zero attached hydrogens (tertiary/aromatic N) is 2. The SMILES string of the molecule is CN1C(=CC2=C([O-])/C(=C/C3=[N+](CCCCCC(=O)O)c4c(ccc5ccccc45)C3(C)C)C2=O)C(C)(C)c2ccccc21. The number of aliphatic carboxylic acids is 1. The van der Waals surface area contributed by atoms with Crippen molar-refractivity contribution in [2.75, 3.05) is 18.5 Å². The van der Waals surface area contributed by atoms with E-state index >= 15 is 0 Å². The quantitative estimate of drug-likeness (QED) is 0.194. The molecule has 3 aromatic carbocycles. The number of rotatable bonds is 8. The third kappa shape index (κ3) is 4.51. The number of para-hydroxylation sites is 1. The molecule has 0 spiro atoms. The topological polar surface area (TPSA) is 83.7 Å². The van der Waals surface area contributed by atoms with Crippen molar-refractivity contribution in [3.63, 3.8) is 0 Å². The minimum absolute atomic E-state index is 0.153. The van der Waals surface area contributed by atoms with Gasteiger partial charge in [0.05, 0.1) is 10.8 Å². The summed E-state index contributed by atoms with van der Waals surface area (Å²) >= 11 is 0. The average Bonchev–Trinajstić information content (AvgIpc) is 3.32. The number of ketones is 1. The Hall–Kier alpha value is -4.45. The normalized spacial score (nSPS) is 20.3. The lowest BCUT2D eigenvalue weighted by atomic mass is 9.77. The molecule has 0 atom stereocenters. The molecule has 43 heavy (non-hydrogen) atoms. The number of hydrogen-bond donors (Lipinski definition) is 1. The highest BCUT2D eigenvalue weighted by Crippen LogP contribution is 2.48. The van der Waals surface area contributed by atoms with Crippen LogP contribution in [-0.4, -0.2) is 40.7 Å². The van der Waals surface area contributed by atoms with Crippen molar-refractivity contribution in [1.29, 1.82) is 0 Å². The highest BCUT2D eigenvalue weighted by molar-refractivity contribution is 6.24. The van der Waals surface area contributed by atoms with Gasteiger partial charge < -0.3 is 15.1 Å². The van der Waals surface area contributed by atoms with Gasteiger partial charge in [0.25, 0.3) is 0 Å². The molecule has 1 N–H and O–H groups in total. The Labute approximate surface area is 253 Å². The minimum Gasteiger partial charge on any atom is -0.871 e. The molecule has 1 aliphatic carbocycles. The second-order valence-corrected chi connectivity index (χ2v) is 12.9. The molecule has 0 saturated heterocycles. The van der Waals surface area contributed by atoms with Crippen molar-refractivity contribution in [2.24, 2.45) is 0 Å². The van der Waals surface area contributed by atoms with Crippen LogP contribution in [0.5, 0.6) is 0 Å². The Balaban J connectivity index is 1.41. The summed E-state index contributed by atoms with van der Waals surface area (Å²) in [6, 6.07) is 20.7. The Morgan fingerprint density at radius 3 is 2.35 bits per heavy atom. The maximum absolute atomic E-state index is 13.6. The summed E-state index contributed by atoms with van der Waals surface area (Å²) in [4.78, 5) is 26.7. The molecule has 2 aliphatic heterocycles. The lowest BCUT2D eigenvalue weighted by Crippen LogP contribution is -2.34. The number of allylic oxidation sites excluding steroid dienone is 5. The molecule has 3 aliphatic rings. The van der Waals surface area contributed by atoms with Crippen LogP contribution in [-0.2, 0) is 20.4 Å². The summed E-state index contributed by atoms with van der Waals surface area (Å²) < 4.78 is 2.26. The molecule has 220 valence electrons. The number of hydrogen-bond acceptors (Lipinski definition) is 4. The molecular weight excluding hydrogens is 536 g/mol. The molecule has 6 rings (SSSR count). The number of Topliss-reactive ketones (excluding diaryl/α,β-unsaturated/α-hetero) is 1. The van der Waals surface area contributed by atoms with Crippen molar-refractivity contribution >= 4 is 39.6 Å². The van der Waals surface area contributed by atoms with Crippen LogP contribution >= 0.6 is 0 Å². The summed E-state index contributed by atoms with van der Waals surface area (Å²) in [5.74, 6) is -1.22. The van der Waals surface area contributed by atoms with Crippen molar-refractivity contribution < 1.29 is 24.4 Å². The van der Waals surface area contributed by atoms with Crippen molar-refractivity contribution in [1.82, 2.24) is 0 Å². The van der Waals surface area contributed by atoms with E-state index in [2.05, 4.69) is 73.6 Å². The highest BCUT2D eigenvalue weighted by Gasteiger charge is 2.46. The number of carbonyl (C=O) groups is 2. The van der Waals surface area contributed by atoms with E-state index in [0.717, 1.165) is 52.0 Å². The molecule has 6 nitrogen and oxygen atoms in total. The fourth-order valence-electron chi connectivity index (χ4n) is 7.09. The van der Waals surface area contributed by atoms with Crippen LogP contribution in [0, 0.1) is 0 Å². The van der Waals surface area contributed by atoms with Gasteiger partial charge in [-0.3, -0.25) is 9.59 Å². The number of carboxylic acids is 1. The second kappa shape index (κ2) is 10.4. The van der Waals surface area contributed by atoms with Gasteiger partial charge in [0.2, 0.25) is 5.69 Å². The summed E-state index contributed by atoms with van der Waals surface area (Å²) in [5.41, 5.74) is 6.05. The standard InChI is InChI=1S/C37H38N2O4/c1-36(2)27-15-10-11-16-29(27)38(5)30(36)21-25-34(42)26(35(25)43)22-31-37(3,4)28-19-18-23-13-8-9-14-24(23)33(28)39(31)20-12-6-7-17-32(40)41/h8-11,13-16,18-19,21-22H,6-7,12,17,20H2,1-5H3,(H-,40,41,42,43). The van der Waals surface area contributed by atoms with Crippen molar-refractivity contribution in [2.45, 2.75) is 64.2 Å². The summed E-state index contributed by atoms with van der Waals surface area (Å²) in [7, 11) is 1.98. The lowest BCUT2D eigenvalue weighted by molar-refractivity contribution is -0.436. The molecule has 0 radical (unpaired) electrons. The summed E-state index contributed by atoms with van der Waals surface area (Å²) in [6.45, 7) is 9.21. The average molecular weight is 575 g/mol. The van der Waals surface area contributed by atoms with Gasteiger partial charge in [-0.1, -0.05) is 68.1 Å². The fraction of sp³-hybridized carbons (Fsp3) is 0.324. The lowest BCUT2D eigenvalue weighted by Gasteiger charge is -2.32. The van der Waals surface area contributed by atoms with E-state index in [1.807, 2.05) is 37.4 Å².